The van der Waals surface area contributed by atoms with E-state index < -0.39 is 0 Å². The zero-order chi connectivity index (χ0) is 19.2. The standard InChI is InChI=1S/C20H24N4O2S/c1-4-14(2)26-17-8-5-15(6-9-17)12-21-20(25)24(3)13-16-7-10-18-19(11-16)23-27-22-18/h5-11,14H,4,12-13H2,1-3H3,(H,21,25)/t14-/m0/s1. The lowest BCUT2D eigenvalue weighted by Crippen LogP contribution is -2.36. The fourth-order valence-electron chi connectivity index (χ4n) is 2.59. The number of carbonyl (C=O) groups is 1. The van der Waals surface area contributed by atoms with Gasteiger partial charge in [-0.25, -0.2) is 4.79 Å². The monoisotopic (exact) mass is 384 g/mol. The number of fused-ring (bicyclic) bond motifs is 1. The Hall–Kier alpha value is -2.67. The maximum Gasteiger partial charge on any atom is 0.317 e. The van der Waals surface area contributed by atoms with Gasteiger partial charge in [-0.15, -0.1) is 0 Å². The Morgan fingerprint density at radius 2 is 1.85 bits per heavy atom. The zero-order valence-electron chi connectivity index (χ0n) is 15.8. The van der Waals surface area contributed by atoms with E-state index in [4.69, 9.17) is 4.74 Å². The number of rotatable bonds is 7. The van der Waals surface area contributed by atoms with Crippen LogP contribution in [0.25, 0.3) is 11.0 Å². The smallest absolute Gasteiger partial charge is 0.317 e. The van der Waals surface area contributed by atoms with Crippen molar-refractivity contribution in [1.29, 1.82) is 0 Å². The maximum atomic E-state index is 12.3. The molecule has 0 spiro atoms. The molecule has 0 aliphatic heterocycles. The number of hydrogen-bond donors (Lipinski definition) is 1. The Labute approximate surface area is 163 Å². The highest BCUT2D eigenvalue weighted by molar-refractivity contribution is 7.00. The molecule has 0 fully saturated rings. The number of benzene rings is 2. The van der Waals surface area contributed by atoms with Crippen molar-refractivity contribution in [3.8, 4) is 5.75 Å². The largest absolute Gasteiger partial charge is 0.491 e. The second-order valence-corrected chi connectivity index (χ2v) is 7.11. The number of aromatic nitrogens is 2. The van der Waals surface area contributed by atoms with Gasteiger partial charge in [0, 0.05) is 20.1 Å². The summed E-state index contributed by atoms with van der Waals surface area (Å²) in [4.78, 5) is 14.0. The third-order valence-corrected chi connectivity index (χ3v) is 4.92. The molecule has 2 amide bonds. The first-order valence-corrected chi connectivity index (χ1v) is 9.74. The quantitative estimate of drug-likeness (QED) is 0.663. The van der Waals surface area contributed by atoms with Gasteiger partial charge in [0.05, 0.1) is 17.8 Å². The number of amides is 2. The van der Waals surface area contributed by atoms with Crippen LogP contribution in [0.2, 0.25) is 0 Å². The zero-order valence-corrected chi connectivity index (χ0v) is 16.6. The third-order valence-electron chi connectivity index (χ3n) is 4.36. The van der Waals surface area contributed by atoms with Crippen molar-refractivity contribution >= 4 is 28.8 Å². The lowest BCUT2D eigenvalue weighted by atomic mass is 10.2. The summed E-state index contributed by atoms with van der Waals surface area (Å²) in [6.07, 6.45) is 1.17. The molecule has 0 aliphatic carbocycles. The van der Waals surface area contributed by atoms with Crippen LogP contribution in [-0.2, 0) is 13.1 Å². The maximum absolute atomic E-state index is 12.3. The van der Waals surface area contributed by atoms with Crippen LogP contribution in [0.5, 0.6) is 5.75 Å². The van der Waals surface area contributed by atoms with Crippen molar-refractivity contribution in [2.24, 2.45) is 0 Å². The highest BCUT2D eigenvalue weighted by Crippen LogP contribution is 2.16. The topological polar surface area (TPSA) is 67.3 Å². The molecule has 0 bridgehead atoms. The molecule has 0 saturated heterocycles. The molecule has 3 rings (SSSR count). The molecule has 1 heterocycles. The number of hydrogen-bond acceptors (Lipinski definition) is 5. The van der Waals surface area contributed by atoms with Crippen LogP contribution in [0.3, 0.4) is 0 Å². The number of carbonyl (C=O) groups excluding carboxylic acids is 1. The molecule has 27 heavy (non-hydrogen) atoms. The van der Waals surface area contributed by atoms with Gasteiger partial charge in [0.2, 0.25) is 0 Å². The van der Waals surface area contributed by atoms with Crippen molar-refractivity contribution in [3.05, 3.63) is 53.6 Å². The molecule has 142 valence electrons. The van der Waals surface area contributed by atoms with Gasteiger partial charge in [-0.1, -0.05) is 25.1 Å². The normalized spacial score (nSPS) is 12.0. The molecule has 1 aromatic heterocycles. The molecule has 6 nitrogen and oxygen atoms in total. The van der Waals surface area contributed by atoms with Crippen LogP contribution in [0.4, 0.5) is 4.79 Å². The predicted octanol–water partition coefficient (Wildman–Crippen LogP) is 4.21. The average molecular weight is 385 g/mol. The summed E-state index contributed by atoms with van der Waals surface area (Å²) in [6, 6.07) is 13.6. The van der Waals surface area contributed by atoms with Gasteiger partial charge in [0.1, 0.15) is 16.8 Å². The van der Waals surface area contributed by atoms with Crippen LogP contribution in [0, 0.1) is 0 Å². The van der Waals surface area contributed by atoms with E-state index in [1.165, 1.54) is 11.7 Å². The fourth-order valence-corrected chi connectivity index (χ4v) is 3.10. The Kier molecular flexibility index (Phi) is 6.24. The fraction of sp³-hybridized carbons (Fsp3) is 0.350. The Balaban J connectivity index is 1.50. The summed E-state index contributed by atoms with van der Waals surface area (Å²) < 4.78 is 14.2. The Morgan fingerprint density at radius 1 is 1.15 bits per heavy atom. The van der Waals surface area contributed by atoms with E-state index in [0.29, 0.717) is 13.1 Å². The first-order valence-electron chi connectivity index (χ1n) is 9.01. The van der Waals surface area contributed by atoms with Gasteiger partial charge in [-0.2, -0.15) is 8.75 Å². The first kappa shape index (κ1) is 19.1. The minimum atomic E-state index is -0.119. The molecule has 1 atom stereocenters. The van der Waals surface area contributed by atoms with Crippen LogP contribution in [-0.4, -0.2) is 32.8 Å². The molecule has 3 aromatic rings. The van der Waals surface area contributed by atoms with Gasteiger partial charge in [0.25, 0.3) is 0 Å². The number of nitrogens with one attached hydrogen (secondary N) is 1. The van der Waals surface area contributed by atoms with E-state index in [1.807, 2.05) is 49.4 Å². The number of ether oxygens (including phenoxy) is 1. The van der Waals surface area contributed by atoms with Gasteiger partial charge in [-0.05, 0) is 48.7 Å². The summed E-state index contributed by atoms with van der Waals surface area (Å²) in [5.41, 5.74) is 3.81. The van der Waals surface area contributed by atoms with Crippen LogP contribution in [0.15, 0.2) is 42.5 Å². The van der Waals surface area contributed by atoms with E-state index >= 15 is 0 Å². The summed E-state index contributed by atoms with van der Waals surface area (Å²) in [6.45, 7) is 5.13. The van der Waals surface area contributed by atoms with E-state index in [-0.39, 0.29) is 12.1 Å². The highest BCUT2D eigenvalue weighted by atomic mass is 32.1. The molecule has 0 radical (unpaired) electrons. The van der Waals surface area contributed by atoms with E-state index in [9.17, 15) is 4.79 Å². The average Bonchev–Trinajstić information content (AvgIpc) is 3.14. The molecule has 0 unspecified atom stereocenters. The molecule has 7 heteroatoms. The SMILES string of the molecule is CC[C@H](C)Oc1ccc(CNC(=O)N(C)Cc2ccc3nsnc3c2)cc1. The molecule has 1 N–H and O–H groups in total. The molecule has 0 saturated carbocycles. The van der Waals surface area contributed by atoms with Gasteiger partial charge in [0.15, 0.2) is 0 Å². The van der Waals surface area contributed by atoms with Gasteiger partial charge < -0.3 is 15.0 Å². The van der Waals surface area contributed by atoms with Crippen molar-refractivity contribution in [1.82, 2.24) is 19.0 Å². The number of urea groups is 1. The minimum absolute atomic E-state index is 0.119. The van der Waals surface area contributed by atoms with E-state index in [2.05, 4.69) is 21.0 Å². The van der Waals surface area contributed by atoms with Crippen LogP contribution in [0.1, 0.15) is 31.4 Å². The summed E-state index contributed by atoms with van der Waals surface area (Å²) in [5.74, 6) is 0.850. The van der Waals surface area contributed by atoms with Crippen LogP contribution >= 0.6 is 11.7 Å². The van der Waals surface area contributed by atoms with Crippen molar-refractivity contribution in [2.45, 2.75) is 39.5 Å². The predicted molar refractivity (Wildman–Crippen MR) is 108 cm³/mol. The highest BCUT2D eigenvalue weighted by Gasteiger charge is 2.10. The van der Waals surface area contributed by atoms with E-state index in [0.717, 1.165) is 34.3 Å². The summed E-state index contributed by atoms with van der Waals surface area (Å²) in [7, 11) is 1.78. The lowest BCUT2D eigenvalue weighted by molar-refractivity contribution is 0.206. The lowest BCUT2D eigenvalue weighted by Gasteiger charge is -2.18. The van der Waals surface area contributed by atoms with Crippen molar-refractivity contribution in [2.75, 3.05) is 7.05 Å². The summed E-state index contributed by atoms with van der Waals surface area (Å²) in [5, 5.41) is 2.94. The second-order valence-electron chi connectivity index (χ2n) is 6.58. The Morgan fingerprint density at radius 3 is 2.59 bits per heavy atom. The van der Waals surface area contributed by atoms with E-state index in [1.54, 1.807) is 11.9 Å². The molecule has 0 aliphatic rings. The Bertz CT molecular complexity index is 894. The van der Waals surface area contributed by atoms with Crippen LogP contribution < -0.4 is 10.1 Å². The minimum Gasteiger partial charge on any atom is -0.491 e. The molecular formula is C20H24N4O2S. The van der Waals surface area contributed by atoms with Gasteiger partial charge >= 0.3 is 6.03 Å². The molecule has 2 aromatic carbocycles. The van der Waals surface area contributed by atoms with Crippen molar-refractivity contribution < 1.29 is 9.53 Å². The van der Waals surface area contributed by atoms with Gasteiger partial charge in [-0.3, -0.25) is 0 Å². The first-order chi connectivity index (χ1) is 13.0. The second kappa shape index (κ2) is 8.81. The third kappa shape index (κ3) is 5.17. The summed E-state index contributed by atoms with van der Waals surface area (Å²) >= 11 is 1.20. The molecular weight excluding hydrogens is 360 g/mol. The number of nitrogens with zero attached hydrogens (tertiary/aromatic N) is 3. The van der Waals surface area contributed by atoms with Crippen molar-refractivity contribution in [3.63, 3.8) is 0 Å².